The summed E-state index contributed by atoms with van der Waals surface area (Å²) in [6, 6.07) is 5.07. The van der Waals surface area contributed by atoms with Crippen LogP contribution in [-0.4, -0.2) is 22.8 Å². The van der Waals surface area contributed by atoms with E-state index in [4.69, 9.17) is 9.26 Å². The van der Waals surface area contributed by atoms with Crippen LogP contribution in [0.1, 0.15) is 28.6 Å². The van der Waals surface area contributed by atoms with Crippen molar-refractivity contribution in [1.82, 2.24) is 5.16 Å². The van der Waals surface area contributed by atoms with Gasteiger partial charge in [-0.15, -0.1) is 0 Å². The number of carbonyl (C=O) groups is 1. The van der Waals surface area contributed by atoms with Gasteiger partial charge in [0.1, 0.15) is 5.75 Å². The van der Waals surface area contributed by atoms with E-state index in [9.17, 15) is 9.90 Å². The summed E-state index contributed by atoms with van der Waals surface area (Å²) in [6.07, 6.45) is 1.48. The Bertz CT molecular complexity index is 607. The average Bonchev–Trinajstić information content (AvgIpc) is 2.87. The van der Waals surface area contributed by atoms with Crippen LogP contribution in [0.3, 0.4) is 0 Å². The molecule has 2 N–H and O–H groups in total. The highest BCUT2D eigenvalue weighted by atomic mass is 16.5. The highest BCUT2D eigenvalue weighted by Crippen LogP contribution is 2.23. The lowest BCUT2D eigenvalue weighted by molar-refractivity contribution is 0.0987. The fourth-order valence-electron chi connectivity index (χ4n) is 1.77. The zero-order valence-electron chi connectivity index (χ0n) is 11.3. The molecule has 2 rings (SSSR count). The summed E-state index contributed by atoms with van der Waals surface area (Å²) >= 11 is 0. The first-order valence-corrected chi connectivity index (χ1v) is 6.25. The van der Waals surface area contributed by atoms with Crippen molar-refractivity contribution >= 4 is 11.6 Å². The Morgan fingerprint density at radius 1 is 1.50 bits per heavy atom. The molecular weight excluding hydrogens is 260 g/mol. The number of benzene rings is 1. The van der Waals surface area contributed by atoms with E-state index >= 15 is 0 Å². The van der Waals surface area contributed by atoms with Crippen molar-refractivity contribution in [3.8, 4) is 5.75 Å². The van der Waals surface area contributed by atoms with Crippen LogP contribution in [0, 0.1) is 6.92 Å². The number of hydrogen-bond donors (Lipinski definition) is 2. The number of nitrogens with one attached hydrogen (secondary N) is 1. The first-order chi connectivity index (χ1) is 9.65. The van der Waals surface area contributed by atoms with Crippen molar-refractivity contribution < 1.29 is 19.2 Å². The van der Waals surface area contributed by atoms with Gasteiger partial charge < -0.3 is 19.7 Å². The van der Waals surface area contributed by atoms with Gasteiger partial charge in [-0.1, -0.05) is 5.16 Å². The monoisotopic (exact) mass is 276 g/mol. The maximum Gasteiger partial charge on any atom is 0.294 e. The molecule has 0 fully saturated rings. The van der Waals surface area contributed by atoms with Crippen LogP contribution in [-0.2, 0) is 6.61 Å². The fraction of sp³-hybridized carbons (Fsp3) is 0.286. The topological polar surface area (TPSA) is 84.6 Å². The molecule has 0 aliphatic carbocycles. The molecule has 2 aromatic rings. The molecule has 0 radical (unpaired) electrons. The third-order valence-corrected chi connectivity index (χ3v) is 2.74. The number of carbonyl (C=O) groups excluding carboxylic acids is 1. The smallest absolute Gasteiger partial charge is 0.294 e. The van der Waals surface area contributed by atoms with E-state index in [1.807, 2.05) is 6.92 Å². The number of aliphatic hydroxyl groups is 1. The molecule has 1 aromatic carbocycles. The highest BCUT2D eigenvalue weighted by Gasteiger charge is 2.15. The number of anilines is 1. The Balaban J connectivity index is 2.18. The Kier molecular flexibility index (Phi) is 4.37. The van der Waals surface area contributed by atoms with Crippen LogP contribution in [0.5, 0.6) is 5.75 Å². The summed E-state index contributed by atoms with van der Waals surface area (Å²) in [4.78, 5) is 12.0. The van der Waals surface area contributed by atoms with Gasteiger partial charge in [-0.25, -0.2) is 0 Å². The fourth-order valence-corrected chi connectivity index (χ4v) is 1.77. The SMILES string of the molecule is CCOc1ccc(NC(=O)c2oncc2C)cc1CO. The van der Waals surface area contributed by atoms with E-state index in [0.29, 0.717) is 29.2 Å². The molecule has 6 heteroatoms. The van der Waals surface area contributed by atoms with Crippen LogP contribution in [0.15, 0.2) is 28.9 Å². The van der Waals surface area contributed by atoms with Gasteiger partial charge in [0.2, 0.25) is 5.76 Å². The molecule has 1 aromatic heterocycles. The molecule has 0 atom stereocenters. The molecule has 0 aliphatic rings. The Hall–Kier alpha value is -2.34. The Morgan fingerprint density at radius 2 is 2.30 bits per heavy atom. The van der Waals surface area contributed by atoms with Gasteiger partial charge in [-0.05, 0) is 32.0 Å². The first kappa shape index (κ1) is 14.1. The maximum atomic E-state index is 12.0. The molecule has 6 nitrogen and oxygen atoms in total. The zero-order chi connectivity index (χ0) is 14.5. The summed E-state index contributed by atoms with van der Waals surface area (Å²) in [5.41, 5.74) is 1.83. The molecule has 0 unspecified atom stereocenters. The quantitative estimate of drug-likeness (QED) is 0.873. The van der Waals surface area contributed by atoms with Crippen molar-refractivity contribution in [2.24, 2.45) is 0 Å². The number of aromatic nitrogens is 1. The molecular formula is C14H16N2O4. The predicted molar refractivity (Wildman–Crippen MR) is 72.7 cm³/mol. The second-order valence-corrected chi connectivity index (χ2v) is 4.21. The summed E-state index contributed by atoms with van der Waals surface area (Å²) in [7, 11) is 0. The number of ether oxygens (including phenoxy) is 1. The molecule has 1 heterocycles. The Morgan fingerprint density at radius 3 is 2.90 bits per heavy atom. The van der Waals surface area contributed by atoms with Crippen LogP contribution in [0.25, 0.3) is 0 Å². The van der Waals surface area contributed by atoms with Crippen molar-refractivity contribution in [2.75, 3.05) is 11.9 Å². The van der Waals surface area contributed by atoms with E-state index in [1.165, 1.54) is 6.20 Å². The van der Waals surface area contributed by atoms with Crippen molar-refractivity contribution in [3.63, 3.8) is 0 Å². The standard InChI is InChI=1S/C14H16N2O4/c1-3-19-12-5-4-11(6-10(12)8-17)16-14(18)13-9(2)7-15-20-13/h4-7,17H,3,8H2,1-2H3,(H,16,18). The molecule has 0 saturated carbocycles. The third-order valence-electron chi connectivity index (χ3n) is 2.74. The van der Waals surface area contributed by atoms with E-state index in [0.717, 1.165) is 0 Å². The minimum Gasteiger partial charge on any atom is -0.494 e. The Labute approximate surface area is 116 Å². The van der Waals surface area contributed by atoms with Gasteiger partial charge in [0.25, 0.3) is 5.91 Å². The van der Waals surface area contributed by atoms with Crippen molar-refractivity contribution in [1.29, 1.82) is 0 Å². The number of hydrogen-bond acceptors (Lipinski definition) is 5. The number of aryl methyl sites for hydroxylation is 1. The highest BCUT2D eigenvalue weighted by molar-refractivity contribution is 6.03. The van der Waals surface area contributed by atoms with Gasteiger partial charge in [0, 0.05) is 16.8 Å². The second-order valence-electron chi connectivity index (χ2n) is 4.21. The van der Waals surface area contributed by atoms with E-state index < -0.39 is 0 Å². The summed E-state index contributed by atoms with van der Waals surface area (Å²) in [6.45, 7) is 3.95. The van der Waals surface area contributed by atoms with Crippen molar-refractivity contribution in [2.45, 2.75) is 20.5 Å². The number of aliphatic hydroxyl groups excluding tert-OH is 1. The first-order valence-electron chi connectivity index (χ1n) is 6.25. The molecule has 0 bridgehead atoms. The average molecular weight is 276 g/mol. The molecule has 106 valence electrons. The van der Waals surface area contributed by atoms with E-state index in [2.05, 4.69) is 10.5 Å². The van der Waals surface area contributed by atoms with Crippen LogP contribution in [0.4, 0.5) is 5.69 Å². The van der Waals surface area contributed by atoms with Gasteiger partial charge in [-0.2, -0.15) is 0 Å². The summed E-state index contributed by atoms with van der Waals surface area (Å²) < 4.78 is 10.3. The lowest BCUT2D eigenvalue weighted by Crippen LogP contribution is -2.12. The van der Waals surface area contributed by atoms with E-state index in [1.54, 1.807) is 25.1 Å². The maximum absolute atomic E-state index is 12.0. The number of rotatable bonds is 5. The molecule has 0 saturated heterocycles. The van der Waals surface area contributed by atoms with Crippen LogP contribution >= 0.6 is 0 Å². The lowest BCUT2D eigenvalue weighted by Gasteiger charge is -2.10. The minimum atomic E-state index is -0.381. The largest absolute Gasteiger partial charge is 0.494 e. The van der Waals surface area contributed by atoms with Gasteiger partial charge in [0.05, 0.1) is 19.4 Å². The normalized spacial score (nSPS) is 10.3. The summed E-state index contributed by atoms with van der Waals surface area (Å²) in [5, 5.41) is 15.6. The predicted octanol–water partition coefficient (Wildman–Crippen LogP) is 2.13. The zero-order valence-corrected chi connectivity index (χ0v) is 11.3. The minimum absolute atomic E-state index is 0.166. The third kappa shape index (κ3) is 2.97. The van der Waals surface area contributed by atoms with Gasteiger partial charge >= 0.3 is 0 Å². The van der Waals surface area contributed by atoms with E-state index in [-0.39, 0.29) is 18.3 Å². The number of nitrogens with zero attached hydrogens (tertiary/aromatic N) is 1. The molecule has 20 heavy (non-hydrogen) atoms. The molecule has 0 spiro atoms. The van der Waals surface area contributed by atoms with Crippen LogP contribution < -0.4 is 10.1 Å². The number of amides is 1. The van der Waals surface area contributed by atoms with Crippen molar-refractivity contribution in [3.05, 3.63) is 41.3 Å². The van der Waals surface area contributed by atoms with Gasteiger partial charge in [-0.3, -0.25) is 4.79 Å². The van der Waals surface area contributed by atoms with Crippen LogP contribution in [0.2, 0.25) is 0 Å². The second kappa shape index (κ2) is 6.21. The van der Waals surface area contributed by atoms with Gasteiger partial charge in [0.15, 0.2) is 0 Å². The molecule has 0 aliphatic heterocycles. The lowest BCUT2D eigenvalue weighted by atomic mass is 10.2. The summed E-state index contributed by atoms with van der Waals surface area (Å²) in [5.74, 6) is 0.390. The molecule has 1 amide bonds.